The van der Waals surface area contributed by atoms with Crippen LogP contribution in [-0.4, -0.2) is 63.7 Å². The third kappa shape index (κ3) is 3.98. The molecule has 0 aromatic rings. The summed E-state index contributed by atoms with van der Waals surface area (Å²) in [6, 6.07) is 0. The molecule has 1 heterocycles. The Balaban J connectivity index is 1.31. The number of allylic oxidation sites excluding steroid dienone is 2. The average Bonchev–Trinajstić information content (AvgIpc) is 2.92. The molecule has 4 saturated carbocycles. The molecule has 238 valence electrons. The summed E-state index contributed by atoms with van der Waals surface area (Å²) in [5.74, 6) is 1.38. The Morgan fingerprint density at radius 2 is 1.62 bits per heavy atom. The predicted molar refractivity (Wildman–Crippen MR) is 159 cm³/mol. The number of ether oxygens (including phenoxy) is 2. The van der Waals surface area contributed by atoms with Crippen molar-refractivity contribution in [1.29, 1.82) is 0 Å². The van der Waals surface area contributed by atoms with E-state index in [1.807, 2.05) is 0 Å². The van der Waals surface area contributed by atoms with E-state index < -0.39 is 36.0 Å². The molecule has 1 saturated heterocycles. The molecule has 7 heteroatoms. The summed E-state index contributed by atoms with van der Waals surface area (Å²) in [5.41, 5.74) is 0.885. The van der Waals surface area contributed by atoms with Crippen LogP contribution in [0.15, 0.2) is 11.6 Å². The quantitative estimate of drug-likeness (QED) is 0.252. The summed E-state index contributed by atoms with van der Waals surface area (Å²) in [4.78, 5) is 13.0. The fraction of sp³-hybridized carbons (Fsp3) is 0.914. The van der Waals surface area contributed by atoms with Gasteiger partial charge in [0.1, 0.15) is 18.3 Å². The minimum Gasteiger partial charge on any atom is -0.481 e. The van der Waals surface area contributed by atoms with E-state index in [1.54, 1.807) is 0 Å². The number of rotatable bonds is 3. The van der Waals surface area contributed by atoms with Crippen LogP contribution in [0.4, 0.5) is 0 Å². The van der Waals surface area contributed by atoms with Crippen LogP contribution in [0.3, 0.4) is 0 Å². The van der Waals surface area contributed by atoms with Gasteiger partial charge < -0.3 is 29.9 Å². The Labute approximate surface area is 252 Å². The molecule has 6 aliphatic rings. The van der Waals surface area contributed by atoms with Gasteiger partial charge in [0.15, 0.2) is 6.29 Å². The van der Waals surface area contributed by atoms with Crippen molar-refractivity contribution in [1.82, 2.24) is 0 Å². The lowest BCUT2D eigenvalue weighted by molar-refractivity contribution is -0.308. The molecule has 4 N–H and O–H groups in total. The van der Waals surface area contributed by atoms with Crippen LogP contribution in [0.25, 0.3) is 0 Å². The highest BCUT2D eigenvalue weighted by Gasteiger charge is 2.69. The molecule has 0 spiro atoms. The number of hydrogen-bond acceptors (Lipinski definition) is 6. The zero-order valence-electron chi connectivity index (χ0n) is 26.9. The number of fused-ring (bicyclic) bond motifs is 7. The molecule has 7 nitrogen and oxygen atoms in total. The molecule has 0 radical (unpaired) electrons. The Morgan fingerprint density at radius 3 is 2.31 bits per heavy atom. The number of carbonyl (C=O) groups is 1. The van der Waals surface area contributed by atoms with E-state index in [9.17, 15) is 25.2 Å². The number of carboxylic acids is 1. The van der Waals surface area contributed by atoms with Crippen LogP contribution in [-0.2, 0) is 14.3 Å². The van der Waals surface area contributed by atoms with Crippen LogP contribution in [0.2, 0.25) is 0 Å². The van der Waals surface area contributed by atoms with Crippen LogP contribution < -0.4 is 0 Å². The molecule has 0 unspecified atom stereocenters. The van der Waals surface area contributed by atoms with Gasteiger partial charge in [-0.2, -0.15) is 0 Å². The van der Waals surface area contributed by atoms with Gasteiger partial charge in [0.2, 0.25) is 0 Å². The maximum absolute atomic E-state index is 13.0. The predicted octanol–water partition coefficient (Wildman–Crippen LogP) is 5.55. The van der Waals surface area contributed by atoms with Gasteiger partial charge in [0.05, 0.1) is 18.1 Å². The molecule has 42 heavy (non-hydrogen) atoms. The summed E-state index contributed by atoms with van der Waals surface area (Å²) in [7, 11) is 0. The molecule has 0 amide bonds. The topological polar surface area (TPSA) is 116 Å². The van der Waals surface area contributed by atoms with Crippen molar-refractivity contribution in [3.8, 4) is 0 Å². The first-order chi connectivity index (χ1) is 19.5. The van der Waals surface area contributed by atoms with Crippen molar-refractivity contribution < 1.29 is 34.7 Å². The third-order valence-corrected chi connectivity index (χ3v) is 15.1. The Morgan fingerprint density at radius 1 is 0.905 bits per heavy atom. The van der Waals surface area contributed by atoms with Gasteiger partial charge >= 0.3 is 5.97 Å². The summed E-state index contributed by atoms with van der Waals surface area (Å²) >= 11 is 0. The summed E-state index contributed by atoms with van der Waals surface area (Å²) < 4.78 is 12.1. The van der Waals surface area contributed by atoms with E-state index >= 15 is 0 Å². The van der Waals surface area contributed by atoms with Crippen molar-refractivity contribution in [3.63, 3.8) is 0 Å². The van der Waals surface area contributed by atoms with Crippen molar-refractivity contribution in [2.24, 2.45) is 56.7 Å². The third-order valence-electron chi connectivity index (χ3n) is 15.1. The second kappa shape index (κ2) is 10.0. The molecular weight excluding hydrogens is 532 g/mol. The molecule has 5 aliphatic carbocycles. The molecule has 0 aromatic heterocycles. The number of aliphatic hydroxyl groups excluding tert-OH is 3. The fourth-order valence-corrected chi connectivity index (χ4v) is 12.1. The van der Waals surface area contributed by atoms with Crippen molar-refractivity contribution in [3.05, 3.63) is 11.6 Å². The van der Waals surface area contributed by atoms with Crippen LogP contribution in [0.1, 0.15) is 106 Å². The van der Waals surface area contributed by atoms with Gasteiger partial charge in [0, 0.05) is 0 Å². The maximum Gasteiger partial charge on any atom is 0.310 e. The van der Waals surface area contributed by atoms with Gasteiger partial charge in [-0.3, -0.25) is 4.79 Å². The van der Waals surface area contributed by atoms with Gasteiger partial charge in [-0.05, 0) is 109 Å². The van der Waals surface area contributed by atoms with Crippen LogP contribution >= 0.6 is 0 Å². The molecular formula is C35H56O7. The highest BCUT2D eigenvalue weighted by molar-refractivity contribution is 5.76. The van der Waals surface area contributed by atoms with Crippen molar-refractivity contribution in [2.45, 2.75) is 137 Å². The molecule has 14 atom stereocenters. The second-order valence-electron chi connectivity index (χ2n) is 16.8. The first kappa shape index (κ1) is 31.0. The first-order valence-corrected chi connectivity index (χ1v) is 16.8. The zero-order valence-corrected chi connectivity index (χ0v) is 26.9. The smallest absolute Gasteiger partial charge is 0.310 e. The largest absolute Gasteiger partial charge is 0.481 e. The Hall–Kier alpha value is -0.990. The Kier molecular flexibility index (Phi) is 7.39. The van der Waals surface area contributed by atoms with E-state index in [-0.39, 0.29) is 40.3 Å². The molecule has 5 fully saturated rings. The average molecular weight is 589 g/mol. The fourth-order valence-electron chi connectivity index (χ4n) is 12.1. The summed E-state index contributed by atoms with van der Waals surface area (Å²) in [6.07, 6.45) is 6.46. The normalized spacial score (nSPS) is 55.3. The number of aliphatic hydroxyl groups is 3. The van der Waals surface area contributed by atoms with E-state index in [0.29, 0.717) is 23.7 Å². The van der Waals surface area contributed by atoms with Gasteiger partial charge in [-0.15, -0.1) is 0 Å². The maximum atomic E-state index is 13.0. The molecule has 0 aromatic carbocycles. The minimum atomic E-state index is -1.27. The van der Waals surface area contributed by atoms with Gasteiger partial charge in [-0.1, -0.05) is 60.1 Å². The van der Waals surface area contributed by atoms with Crippen molar-refractivity contribution in [2.75, 3.05) is 6.61 Å². The number of aliphatic carboxylic acids is 1. The lowest BCUT2D eigenvalue weighted by Gasteiger charge is -2.71. The summed E-state index contributed by atoms with van der Waals surface area (Å²) in [6.45, 7) is 16.8. The molecule has 1 aliphatic heterocycles. The number of carboxylic acid groups (broad SMARTS) is 1. The zero-order chi connectivity index (χ0) is 30.6. The van der Waals surface area contributed by atoms with E-state index in [1.165, 1.54) is 5.57 Å². The van der Waals surface area contributed by atoms with E-state index in [4.69, 9.17) is 9.47 Å². The standard InChI is InChI=1S/C35H56O7/c1-19-10-15-35(30(39)40)17-16-33(6)21(26(35)20(19)2)8-9-24-32(5)13-12-25(31(3,4)23(32)11-14-34(24,33)7)42-29-28(38)27(37)22(36)18-41-29/h8,19-20,22-29,36-38H,9-18H2,1-7H3,(H,39,40)/t19-,20+,22-,23+,24+,25-,26+,27+,28-,29+,32+,33+,34-,35-/m0/s1. The lowest BCUT2D eigenvalue weighted by atomic mass is 9.33. The van der Waals surface area contributed by atoms with E-state index in [0.717, 1.165) is 57.8 Å². The van der Waals surface area contributed by atoms with Gasteiger partial charge in [0.25, 0.3) is 0 Å². The second-order valence-corrected chi connectivity index (χ2v) is 16.8. The highest BCUT2D eigenvalue weighted by atomic mass is 16.7. The first-order valence-electron chi connectivity index (χ1n) is 16.8. The lowest BCUT2D eigenvalue weighted by Crippen LogP contribution is -2.66. The van der Waals surface area contributed by atoms with Crippen LogP contribution in [0, 0.1) is 56.7 Å². The Bertz CT molecular complexity index is 1120. The summed E-state index contributed by atoms with van der Waals surface area (Å²) in [5, 5.41) is 41.4. The van der Waals surface area contributed by atoms with Crippen LogP contribution in [0.5, 0.6) is 0 Å². The minimum absolute atomic E-state index is 0.00660. The molecule has 0 bridgehead atoms. The number of hydrogen-bond donors (Lipinski definition) is 4. The van der Waals surface area contributed by atoms with Crippen molar-refractivity contribution >= 4 is 5.97 Å². The van der Waals surface area contributed by atoms with E-state index in [2.05, 4.69) is 54.5 Å². The molecule has 6 rings (SSSR count). The highest BCUT2D eigenvalue weighted by Crippen LogP contribution is 2.76. The SMILES string of the molecule is C[C@@H]1[C@@H](C)CC[C@]2(C(=O)O)CC[C@]3(C)C(=CC[C@@H]4[C@]5(C)CC[C@H](O[C@H]6OC[C@H](O)[C@@H](O)[C@@H]6O)C(C)(C)[C@H]5CC[C@@]43C)[C@@H]12. The van der Waals surface area contributed by atoms with Gasteiger partial charge in [-0.25, -0.2) is 0 Å². The monoisotopic (exact) mass is 588 g/mol.